The number of allylic oxidation sites excluding steroid dienone is 9. The quantitative estimate of drug-likeness (QED) is 0.530. The average molecular weight is 306 g/mol. The molecular formula is C20H28O2. The van der Waals surface area contributed by atoms with Gasteiger partial charge in [-0.2, -0.15) is 0 Å². The lowest BCUT2D eigenvalue weighted by Gasteiger charge is -2.32. The Morgan fingerprint density at radius 1 is 1.27 bits per heavy atom. The highest BCUT2D eigenvalue weighted by molar-refractivity contribution is 5.81. The van der Waals surface area contributed by atoms with Crippen LogP contribution < -0.4 is 0 Å². The lowest BCUT2D eigenvalue weighted by Crippen LogP contribution is -2.19. The van der Waals surface area contributed by atoms with Crippen molar-refractivity contribution in [1.29, 1.82) is 0 Å². The van der Waals surface area contributed by atoms with Gasteiger partial charge >= 0.3 is 5.97 Å². The maximum Gasteiger partial charge on any atom is 0.328 e. The zero-order valence-corrected chi connectivity index (χ0v) is 13.4. The topological polar surface area (TPSA) is 37.3 Å². The zero-order valence-electron chi connectivity index (χ0n) is 19.4. The first kappa shape index (κ1) is 10.8. The normalized spacial score (nSPS) is 25.4. The second-order valence-electron chi connectivity index (χ2n) is 6.18. The Kier molecular flexibility index (Phi) is 3.92. The highest BCUT2D eigenvalue weighted by Gasteiger charge is 2.26. The standard InChI is InChI=1S/C20H28O2/c1-15(8-6-9-16(2)14-19(21)22)11-12-18-17(3)10-7-13-20(18,4)5/h6,8-9,11-12,14H,7,10,13H2,1-5H3,(H,21,22)/b9-6+,12-11+,15-8+,16-14+/i1D3,2D3. The van der Waals surface area contributed by atoms with Gasteiger partial charge in [0.2, 0.25) is 0 Å². The smallest absolute Gasteiger partial charge is 0.328 e. The number of hydrogen-bond acceptors (Lipinski definition) is 1. The van der Waals surface area contributed by atoms with Gasteiger partial charge in [0.1, 0.15) is 0 Å². The summed E-state index contributed by atoms with van der Waals surface area (Å²) in [6, 6.07) is 0. The predicted octanol–water partition coefficient (Wildman–Crippen LogP) is 5.60. The van der Waals surface area contributed by atoms with Crippen molar-refractivity contribution in [2.24, 2.45) is 5.41 Å². The summed E-state index contributed by atoms with van der Waals surface area (Å²) in [5.74, 6) is -1.38. The van der Waals surface area contributed by atoms with E-state index in [1.807, 2.05) is 6.08 Å². The maximum absolute atomic E-state index is 10.8. The maximum atomic E-state index is 10.8. The van der Waals surface area contributed by atoms with Crippen molar-refractivity contribution in [3.05, 3.63) is 58.7 Å². The largest absolute Gasteiger partial charge is 0.478 e. The molecule has 0 amide bonds. The molecule has 0 saturated heterocycles. The number of rotatable bonds is 5. The van der Waals surface area contributed by atoms with Gasteiger partial charge in [-0.05, 0) is 56.5 Å². The summed E-state index contributed by atoms with van der Waals surface area (Å²) in [5.41, 5.74) is 1.99. The van der Waals surface area contributed by atoms with Crippen molar-refractivity contribution in [3.63, 3.8) is 0 Å². The third-order valence-electron chi connectivity index (χ3n) is 3.80. The molecule has 0 aliphatic heterocycles. The highest BCUT2D eigenvalue weighted by atomic mass is 16.4. The van der Waals surface area contributed by atoms with Gasteiger partial charge in [0.05, 0.1) is 0 Å². The van der Waals surface area contributed by atoms with Crippen molar-refractivity contribution in [2.45, 2.75) is 53.7 Å². The molecule has 2 heteroatoms. The fourth-order valence-corrected chi connectivity index (χ4v) is 2.68. The van der Waals surface area contributed by atoms with Crippen LogP contribution in [0.3, 0.4) is 0 Å². The first-order valence-corrected chi connectivity index (χ1v) is 7.37. The first-order valence-electron chi connectivity index (χ1n) is 10.4. The van der Waals surface area contributed by atoms with Gasteiger partial charge in [-0.25, -0.2) is 4.79 Å². The zero-order chi connectivity index (χ0) is 21.8. The molecule has 0 unspecified atom stereocenters. The van der Waals surface area contributed by atoms with E-state index >= 15 is 0 Å². The van der Waals surface area contributed by atoms with E-state index < -0.39 is 19.7 Å². The molecule has 1 aliphatic rings. The van der Waals surface area contributed by atoms with Crippen LogP contribution in [0.2, 0.25) is 0 Å². The summed E-state index contributed by atoms with van der Waals surface area (Å²) in [5, 5.41) is 8.81. The first-order chi connectivity index (χ1) is 12.6. The SMILES string of the molecule is [2H]C([2H])([2H])C(/C=C/C1=C(C)CCCC1(C)C)=C\C=C\C(=C\C(=O)O)C([2H])([2H])[2H]. The van der Waals surface area contributed by atoms with Crippen molar-refractivity contribution in [1.82, 2.24) is 0 Å². The Balaban J connectivity index is 3.24. The molecular weight excluding hydrogens is 272 g/mol. The van der Waals surface area contributed by atoms with Gasteiger partial charge in [0.25, 0.3) is 0 Å². The molecule has 0 aromatic carbocycles. The van der Waals surface area contributed by atoms with Crippen LogP contribution in [0, 0.1) is 5.41 Å². The van der Waals surface area contributed by atoms with Crippen molar-refractivity contribution >= 4 is 5.97 Å². The van der Waals surface area contributed by atoms with Gasteiger partial charge in [-0.3, -0.25) is 0 Å². The number of carbonyl (C=O) groups is 1. The van der Waals surface area contributed by atoms with Crippen molar-refractivity contribution < 1.29 is 18.1 Å². The summed E-state index contributed by atoms with van der Waals surface area (Å²) in [6.45, 7) is 1.33. The number of carboxylic acid groups (broad SMARTS) is 1. The molecule has 1 rings (SSSR count). The third kappa shape index (κ3) is 5.88. The van der Waals surface area contributed by atoms with E-state index in [9.17, 15) is 4.79 Å². The van der Waals surface area contributed by atoms with E-state index in [0.717, 1.165) is 30.9 Å². The van der Waals surface area contributed by atoms with Crippen LogP contribution in [0.15, 0.2) is 58.7 Å². The minimum absolute atomic E-state index is 0.0345. The van der Waals surface area contributed by atoms with Crippen LogP contribution in [-0.4, -0.2) is 11.1 Å². The van der Waals surface area contributed by atoms with Crippen LogP contribution in [0.25, 0.3) is 0 Å². The van der Waals surface area contributed by atoms with E-state index in [2.05, 4.69) is 20.8 Å². The average Bonchev–Trinajstić information content (AvgIpc) is 2.48. The molecule has 0 fully saturated rings. The monoisotopic (exact) mass is 306 g/mol. The fraction of sp³-hybridized carbons (Fsp3) is 0.450. The van der Waals surface area contributed by atoms with Crippen LogP contribution in [0.5, 0.6) is 0 Å². The third-order valence-corrected chi connectivity index (χ3v) is 3.80. The van der Waals surface area contributed by atoms with Gasteiger partial charge in [-0.15, -0.1) is 0 Å². The molecule has 0 bridgehead atoms. The molecule has 22 heavy (non-hydrogen) atoms. The molecule has 0 saturated carbocycles. The van der Waals surface area contributed by atoms with Crippen LogP contribution >= 0.6 is 0 Å². The fourth-order valence-electron chi connectivity index (χ4n) is 2.68. The second-order valence-corrected chi connectivity index (χ2v) is 6.18. The molecule has 1 aliphatic carbocycles. The lowest BCUT2D eigenvalue weighted by atomic mass is 9.72. The summed E-state index contributed by atoms with van der Waals surface area (Å²) in [4.78, 5) is 10.8. The summed E-state index contributed by atoms with van der Waals surface area (Å²) >= 11 is 0. The Labute approximate surface area is 143 Å². The minimum atomic E-state index is -2.60. The molecule has 120 valence electrons. The van der Waals surface area contributed by atoms with E-state index in [4.69, 9.17) is 13.3 Å². The number of hydrogen-bond donors (Lipinski definition) is 1. The van der Waals surface area contributed by atoms with Crippen LogP contribution in [-0.2, 0) is 4.79 Å². The van der Waals surface area contributed by atoms with Crippen molar-refractivity contribution in [3.8, 4) is 0 Å². The van der Waals surface area contributed by atoms with Crippen molar-refractivity contribution in [2.75, 3.05) is 0 Å². The lowest BCUT2D eigenvalue weighted by molar-refractivity contribution is -0.131. The van der Waals surface area contributed by atoms with E-state index in [0.29, 0.717) is 6.08 Å². The van der Waals surface area contributed by atoms with Gasteiger partial charge < -0.3 is 5.11 Å². The second kappa shape index (κ2) is 7.98. The predicted molar refractivity (Wildman–Crippen MR) is 93.8 cm³/mol. The molecule has 0 atom stereocenters. The Morgan fingerprint density at radius 2 is 2.00 bits per heavy atom. The Bertz CT molecular complexity index is 744. The van der Waals surface area contributed by atoms with E-state index in [1.54, 1.807) is 6.08 Å². The molecule has 0 aromatic rings. The summed E-state index contributed by atoms with van der Waals surface area (Å²) < 4.78 is 45.3. The molecule has 2 nitrogen and oxygen atoms in total. The molecule has 1 N–H and O–H groups in total. The van der Waals surface area contributed by atoms with Gasteiger partial charge in [0, 0.05) is 14.3 Å². The van der Waals surface area contributed by atoms with Gasteiger partial charge in [0.15, 0.2) is 0 Å². The van der Waals surface area contributed by atoms with Crippen LogP contribution in [0.4, 0.5) is 0 Å². The summed E-state index contributed by atoms with van der Waals surface area (Å²) in [6.07, 6.45) is 10.8. The summed E-state index contributed by atoms with van der Waals surface area (Å²) in [7, 11) is 0. The number of aliphatic carboxylic acids is 1. The molecule has 0 spiro atoms. The van der Waals surface area contributed by atoms with E-state index in [-0.39, 0.29) is 16.6 Å². The molecule has 0 radical (unpaired) electrons. The highest BCUT2D eigenvalue weighted by Crippen LogP contribution is 2.40. The Morgan fingerprint density at radius 3 is 2.59 bits per heavy atom. The molecule has 0 aromatic heterocycles. The van der Waals surface area contributed by atoms with Gasteiger partial charge in [-0.1, -0.05) is 55.4 Å². The Hall–Kier alpha value is -1.83. The molecule has 0 heterocycles. The van der Waals surface area contributed by atoms with E-state index in [1.165, 1.54) is 17.7 Å². The minimum Gasteiger partial charge on any atom is -0.478 e. The number of carboxylic acids is 1. The van der Waals surface area contributed by atoms with Crippen LogP contribution in [0.1, 0.15) is 62.0 Å².